The quantitative estimate of drug-likeness (QED) is 0.318. The average Bonchev–Trinajstić information content (AvgIpc) is 2.90. The summed E-state index contributed by atoms with van der Waals surface area (Å²) in [5.41, 5.74) is 4.60. The fourth-order valence-corrected chi connectivity index (χ4v) is 5.36. The second-order valence-corrected chi connectivity index (χ2v) is 10.4. The molecule has 2 fully saturated rings. The van der Waals surface area contributed by atoms with Gasteiger partial charge in [0.25, 0.3) is 5.91 Å². The van der Waals surface area contributed by atoms with Crippen LogP contribution in [-0.2, 0) is 4.74 Å². The third-order valence-electron chi connectivity index (χ3n) is 7.10. The molecule has 0 radical (unpaired) electrons. The molecule has 13 heteroatoms. The first-order valence-corrected chi connectivity index (χ1v) is 13.2. The highest BCUT2D eigenvalue weighted by molar-refractivity contribution is 6.06. The molecule has 1 unspecified atom stereocenters. The first-order chi connectivity index (χ1) is 19.2. The summed E-state index contributed by atoms with van der Waals surface area (Å²) in [6.45, 7) is 4.17. The van der Waals surface area contributed by atoms with E-state index >= 15 is 13.2 Å². The van der Waals surface area contributed by atoms with E-state index in [1.165, 1.54) is 6.20 Å². The zero-order chi connectivity index (χ0) is 28.4. The highest BCUT2D eigenvalue weighted by Gasteiger charge is 2.28. The minimum Gasteiger partial charge on any atom is -0.488 e. The second-order valence-electron chi connectivity index (χ2n) is 10.4. The van der Waals surface area contributed by atoms with E-state index in [0.29, 0.717) is 43.4 Å². The Labute approximate surface area is 253 Å². The SMILES string of the molecule is C[C@@H]1C[C@H](N)CN(c2ccncc2NC(=O)c2ccc(F)c(-c3c(F)cc(OC4CCCOC4)cc3F)c2F)C1.Cl.Cl. The number of pyridine rings is 1. The summed E-state index contributed by atoms with van der Waals surface area (Å²) >= 11 is 0. The van der Waals surface area contributed by atoms with Gasteiger partial charge in [0.15, 0.2) is 0 Å². The van der Waals surface area contributed by atoms with Gasteiger partial charge in [-0.05, 0) is 43.4 Å². The summed E-state index contributed by atoms with van der Waals surface area (Å²) in [7, 11) is 0. The summed E-state index contributed by atoms with van der Waals surface area (Å²) in [6.07, 6.45) is 4.84. The predicted molar refractivity (Wildman–Crippen MR) is 157 cm³/mol. The fraction of sp³-hybridized carbons (Fsp3) is 0.379. The topological polar surface area (TPSA) is 89.7 Å². The van der Waals surface area contributed by atoms with Gasteiger partial charge in [-0.3, -0.25) is 9.78 Å². The van der Waals surface area contributed by atoms with E-state index in [0.717, 1.165) is 37.1 Å². The number of rotatable bonds is 6. The van der Waals surface area contributed by atoms with Crippen LogP contribution in [0.3, 0.4) is 0 Å². The molecule has 2 aliphatic heterocycles. The molecule has 3 heterocycles. The van der Waals surface area contributed by atoms with E-state index in [1.807, 2.05) is 4.90 Å². The third-order valence-corrected chi connectivity index (χ3v) is 7.10. The van der Waals surface area contributed by atoms with E-state index in [4.69, 9.17) is 15.2 Å². The zero-order valence-corrected chi connectivity index (χ0v) is 24.4. The molecule has 0 aliphatic carbocycles. The van der Waals surface area contributed by atoms with Gasteiger partial charge in [0.1, 0.15) is 35.1 Å². The predicted octanol–water partition coefficient (Wildman–Crippen LogP) is 6.13. The molecule has 0 spiro atoms. The zero-order valence-electron chi connectivity index (χ0n) is 22.7. The van der Waals surface area contributed by atoms with Crippen LogP contribution in [0.25, 0.3) is 11.1 Å². The molecule has 228 valence electrons. The van der Waals surface area contributed by atoms with Crippen LogP contribution in [0, 0.1) is 29.2 Å². The van der Waals surface area contributed by atoms with E-state index in [-0.39, 0.29) is 49.3 Å². The van der Waals surface area contributed by atoms with Crippen LogP contribution in [0.15, 0.2) is 42.7 Å². The Balaban J connectivity index is 0.00000242. The lowest BCUT2D eigenvalue weighted by atomic mass is 9.96. The Bertz CT molecular complexity index is 1380. The number of hydrogen-bond acceptors (Lipinski definition) is 6. The average molecular weight is 631 g/mol. The summed E-state index contributed by atoms with van der Waals surface area (Å²) in [5, 5.41) is 2.61. The molecule has 0 bridgehead atoms. The van der Waals surface area contributed by atoms with Crippen molar-refractivity contribution in [1.29, 1.82) is 0 Å². The molecule has 3 aromatic rings. The number of nitrogens with one attached hydrogen (secondary N) is 1. The Hall–Kier alpha value is -3.12. The Morgan fingerprint density at radius 2 is 1.81 bits per heavy atom. The Kier molecular flexibility index (Phi) is 11.4. The highest BCUT2D eigenvalue weighted by atomic mass is 35.5. The van der Waals surface area contributed by atoms with Gasteiger partial charge in [0.2, 0.25) is 0 Å². The molecule has 3 atom stereocenters. The molecule has 3 N–H and O–H groups in total. The van der Waals surface area contributed by atoms with Crippen molar-refractivity contribution in [3.05, 3.63) is 71.6 Å². The van der Waals surface area contributed by atoms with E-state index in [9.17, 15) is 9.18 Å². The van der Waals surface area contributed by atoms with Crippen LogP contribution < -0.4 is 20.7 Å². The number of amides is 1. The number of ether oxygens (including phenoxy) is 2. The molecule has 7 nitrogen and oxygen atoms in total. The number of benzene rings is 2. The maximum absolute atomic E-state index is 15.6. The molecule has 2 aliphatic rings. The normalized spacial score (nSPS) is 20.2. The lowest BCUT2D eigenvalue weighted by Crippen LogP contribution is -2.46. The molecule has 2 saturated heterocycles. The molecular formula is C29H32Cl2F4N4O3. The molecule has 42 heavy (non-hydrogen) atoms. The maximum Gasteiger partial charge on any atom is 0.258 e. The molecular weight excluding hydrogens is 599 g/mol. The van der Waals surface area contributed by atoms with Crippen molar-refractivity contribution in [2.45, 2.75) is 38.3 Å². The van der Waals surface area contributed by atoms with Crippen LogP contribution >= 0.6 is 24.8 Å². The number of hydrogen-bond donors (Lipinski definition) is 2. The molecule has 1 aromatic heterocycles. The van der Waals surface area contributed by atoms with Crippen LogP contribution in [0.4, 0.5) is 28.9 Å². The van der Waals surface area contributed by atoms with Gasteiger partial charge in [-0.2, -0.15) is 0 Å². The first kappa shape index (κ1) is 33.4. The molecule has 1 amide bonds. The van der Waals surface area contributed by atoms with Crippen LogP contribution in [0.1, 0.15) is 36.5 Å². The van der Waals surface area contributed by atoms with Crippen LogP contribution in [0.5, 0.6) is 5.75 Å². The lowest BCUT2D eigenvalue weighted by Gasteiger charge is -2.37. The van der Waals surface area contributed by atoms with E-state index in [1.54, 1.807) is 12.3 Å². The minimum absolute atomic E-state index is 0. The number of aromatic nitrogens is 1. The van der Waals surface area contributed by atoms with Crippen molar-refractivity contribution in [1.82, 2.24) is 4.98 Å². The Morgan fingerprint density at radius 1 is 1.07 bits per heavy atom. The van der Waals surface area contributed by atoms with Crippen LogP contribution in [-0.4, -0.2) is 49.3 Å². The summed E-state index contributed by atoms with van der Waals surface area (Å²) in [5.74, 6) is -5.82. The number of halogens is 6. The maximum atomic E-state index is 15.6. The summed E-state index contributed by atoms with van der Waals surface area (Å²) in [4.78, 5) is 19.2. The van der Waals surface area contributed by atoms with Gasteiger partial charge < -0.3 is 25.4 Å². The van der Waals surface area contributed by atoms with Gasteiger partial charge in [-0.25, -0.2) is 17.6 Å². The van der Waals surface area contributed by atoms with Gasteiger partial charge >= 0.3 is 0 Å². The molecule has 0 saturated carbocycles. The van der Waals surface area contributed by atoms with Gasteiger partial charge in [0, 0.05) is 44.1 Å². The number of carbonyl (C=O) groups is 1. The lowest BCUT2D eigenvalue weighted by molar-refractivity contribution is 0.00720. The fourth-order valence-electron chi connectivity index (χ4n) is 5.36. The third kappa shape index (κ3) is 7.26. The van der Waals surface area contributed by atoms with Gasteiger partial charge in [-0.1, -0.05) is 6.92 Å². The van der Waals surface area contributed by atoms with Crippen molar-refractivity contribution >= 4 is 42.1 Å². The van der Waals surface area contributed by atoms with Crippen molar-refractivity contribution in [3.63, 3.8) is 0 Å². The van der Waals surface area contributed by atoms with Crippen LogP contribution in [0.2, 0.25) is 0 Å². The second kappa shape index (κ2) is 14.4. The largest absolute Gasteiger partial charge is 0.488 e. The van der Waals surface area contributed by atoms with Crippen molar-refractivity contribution in [2.24, 2.45) is 11.7 Å². The van der Waals surface area contributed by atoms with E-state index in [2.05, 4.69) is 17.2 Å². The minimum atomic E-state index is -1.40. The first-order valence-electron chi connectivity index (χ1n) is 13.2. The van der Waals surface area contributed by atoms with Gasteiger partial charge in [0.05, 0.1) is 40.9 Å². The van der Waals surface area contributed by atoms with Crippen molar-refractivity contribution in [2.75, 3.05) is 36.5 Å². The Morgan fingerprint density at radius 3 is 2.48 bits per heavy atom. The number of carbonyl (C=O) groups excluding carboxylic acids is 1. The smallest absolute Gasteiger partial charge is 0.258 e. The summed E-state index contributed by atoms with van der Waals surface area (Å²) in [6, 6.07) is 5.10. The van der Waals surface area contributed by atoms with Crippen molar-refractivity contribution in [3.8, 4) is 16.9 Å². The number of nitrogens with zero attached hydrogens (tertiary/aromatic N) is 2. The highest BCUT2D eigenvalue weighted by Crippen LogP contribution is 2.36. The summed E-state index contributed by atoms with van der Waals surface area (Å²) < 4.78 is 71.6. The number of piperidine rings is 1. The van der Waals surface area contributed by atoms with Gasteiger partial charge in [-0.15, -0.1) is 24.8 Å². The molecule has 2 aromatic carbocycles. The molecule has 5 rings (SSSR count). The van der Waals surface area contributed by atoms with Crippen molar-refractivity contribution < 1.29 is 31.8 Å². The number of anilines is 2. The monoisotopic (exact) mass is 630 g/mol. The standard InChI is InChI=1S/C29H30F4N4O3.2ClH/c1-16-9-17(34)14-37(13-16)25-6-7-35-12-24(25)36-29(38)20-4-5-21(30)27(28(20)33)26-22(31)10-19(11-23(26)32)40-18-3-2-8-39-15-18;;/h4-7,10-12,16-18H,2-3,8-9,13-15,34H2,1H3,(H,36,38);2*1H/t16-,17+,18?;;/m1../s1. The van der Waals surface area contributed by atoms with E-state index < -0.39 is 45.9 Å². The number of nitrogens with two attached hydrogens (primary N) is 1.